The Labute approximate surface area is 148 Å². The Morgan fingerprint density at radius 2 is 2.21 bits per heavy atom. The molecule has 24 heavy (non-hydrogen) atoms. The van der Waals surface area contributed by atoms with Gasteiger partial charge in [0.1, 0.15) is 0 Å². The Morgan fingerprint density at radius 3 is 2.96 bits per heavy atom. The van der Waals surface area contributed by atoms with Crippen LogP contribution in [0.2, 0.25) is 10.0 Å². The topological polar surface area (TPSA) is 62.2 Å². The van der Waals surface area contributed by atoms with Crippen LogP contribution in [0.5, 0.6) is 0 Å². The van der Waals surface area contributed by atoms with Crippen LogP contribution in [0.1, 0.15) is 35.8 Å². The number of hydrogen-bond donors (Lipinski definition) is 2. The Bertz CT molecular complexity index is 787. The molecule has 0 fully saturated rings. The van der Waals surface area contributed by atoms with Gasteiger partial charge >= 0.3 is 0 Å². The smallest absolute Gasteiger partial charge is 0.262 e. The van der Waals surface area contributed by atoms with E-state index in [0.29, 0.717) is 15.6 Å². The van der Waals surface area contributed by atoms with E-state index in [-0.39, 0.29) is 30.6 Å². The lowest BCUT2D eigenvalue weighted by Crippen LogP contribution is -2.44. The van der Waals surface area contributed by atoms with Gasteiger partial charge in [-0.2, -0.15) is 0 Å². The minimum absolute atomic E-state index is 0.0820. The molecule has 1 aliphatic carbocycles. The fourth-order valence-electron chi connectivity index (χ4n) is 2.84. The molecule has 7 heteroatoms. The molecular weight excluding hydrogens is 354 g/mol. The van der Waals surface area contributed by atoms with Crippen molar-refractivity contribution in [2.45, 2.75) is 31.2 Å². The second kappa shape index (κ2) is 6.67. The molecule has 0 spiro atoms. The van der Waals surface area contributed by atoms with Crippen molar-refractivity contribution in [1.82, 2.24) is 10.3 Å². The van der Waals surface area contributed by atoms with Crippen molar-refractivity contribution in [1.29, 1.82) is 0 Å². The molecule has 0 bridgehead atoms. The van der Waals surface area contributed by atoms with Crippen molar-refractivity contribution in [2.24, 2.45) is 0 Å². The fraction of sp³-hybridized carbons (Fsp3) is 0.294. The molecule has 1 heterocycles. The van der Waals surface area contributed by atoms with Gasteiger partial charge in [-0.05, 0) is 36.6 Å². The first-order chi connectivity index (χ1) is 11.4. The number of aliphatic hydroxyl groups is 1. The summed E-state index contributed by atoms with van der Waals surface area (Å²) < 4.78 is 15.4. The summed E-state index contributed by atoms with van der Waals surface area (Å²) in [7, 11) is 0. The maximum Gasteiger partial charge on any atom is 0.262 e. The molecule has 126 valence electrons. The Kier molecular flexibility index (Phi) is 4.76. The third-order valence-electron chi connectivity index (χ3n) is 4.16. The van der Waals surface area contributed by atoms with E-state index in [1.165, 1.54) is 12.3 Å². The van der Waals surface area contributed by atoms with E-state index in [1.54, 1.807) is 24.3 Å². The third-order valence-corrected chi connectivity index (χ3v) is 4.74. The zero-order chi connectivity index (χ0) is 17.3. The lowest BCUT2D eigenvalue weighted by atomic mass is 9.81. The predicted molar refractivity (Wildman–Crippen MR) is 89.5 cm³/mol. The molecule has 1 aromatic carbocycles. The molecule has 2 atom stereocenters. The number of nitrogens with one attached hydrogen (secondary N) is 1. The highest BCUT2D eigenvalue weighted by atomic mass is 35.5. The zero-order valence-corrected chi connectivity index (χ0v) is 14.1. The molecule has 0 unspecified atom stereocenters. The molecule has 0 saturated heterocycles. The SMILES string of the molecule is O=C(NCc1ccc(Cl)cc1Cl)[C@@]1(F)CC[C@@H](O)c2ncccc21. The highest BCUT2D eigenvalue weighted by Gasteiger charge is 2.46. The number of benzene rings is 1. The van der Waals surface area contributed by atoms with Crippen LogP contribution in [0.15, 0.2) is 36.5 Å². The van der Waals surface area contributed by atoms with E-state index >= 15 is 4.39 Å². The van der Waals surface area contributed by atoms with Crippen molar-refractivity contribution in [2.75, 3.05) is 0 Å². The van der Waals surface area contributed by atoms with Crippen LogP contribution in [0, 0.1) is 0 Å². The van der Waals surface area contributed by atoms with Crippen molar-refractivity contribution in [3.05, 3.63) is 63.4 Å². The van der Waals surface area contributed by atoms with Gasteiger partial charge in [-0.3, -0.25) is 9.78 Å². The van der Waals surface area contributed by atoms with Crippen LogP contribution in [0.4, 0.5) is 4.39 Å². The lowest BCUT2D eigenvalue weighted by molar-refractivity contribution is -0.135. The van der Waals surface area contributed by atoms with E-state index in [9.17, 15) is 9.90 Å². The van der Waals surface area contributed by atoms with Gasteiger partial charge in [0.15, 0.2) is 0 Å². The van der Waals surface area contributed by atoms with E-state index in [4.69, 9.17) is 23.2 Å². The number of carbonyl (C=O) groups excluding carboxylic acids is 1. The lowest BCUT2D eigenvalue weighted by Gasteiger charge is -2.32. The number of rotatable bonds is 3. The highest BCUT2D eigenvalue weighted by molar-refractivity contribution is 6.35. The van der Waals surface area contributed by atoms with Crippen LogP contribution in [-0.4, -0.2) is 16.0 Å². The molecule has 0 radical (unpaired) electrons. The summed E-state index contributed by atoms with van der Waals surface area (Å²) in [5, 5.41) is 13.4. The molecule has 2 aromatic rings. The van der Waals surface area contributed by atoms with Crippen molar-refractivity contribution in [3.8, 4) is 0 Å². The number of carbonyl (C=O) groups is 1. The maximum absolute atomic E-state index is 15.4. The molecule has 1 amide bonds. The predicted octanol–water partition coefficient (Wildman–Crippen LogP) is 3.70. The first-order valence-electron chi connectivity index (χ1n) is 7.46. The van der Waals surface area contributed by atoms with Gasteiger partial charge in [0, 0.05) is 28.4 Å². The normalized spacial score (nSPS) is 22.8. The second-order valence-corrected chi connectivity index (χ2v) is 6.55. The summed E-state index contributed by atoms with van der Waals surface area (Å²) in [6.07, 6.45) is 0.644. The number of alkyl halides is 1. The van der Waals surface area contributed by atoms with E-state index in [1.807, 2.05) is 0 Å². The minimum Gasteiger partial charge on any atom is -0.387 e. The fourth-order valence-corrected chi connectivity index (χ4v) is 3.32. The standard InChI is InChI=1S/C17H15Cl2FN2O2/c18-11-4-3-10(13(19)8-11)9-22-16(24)17(20)6-5-14(23)15-12(17)2-1-7-21-15/h1-4,7-8,14,23H,5-6,9H2,(H,22,24)/t14-,17-/m1/s1. The molecule has 3 rings (SSSR count). The molecule has 0 saturated carbocycles. The summed E-state index contributed by atoms with van der Waals surface area (Å²) in [6, 6.07) is 7.92. The first-order valence-corrected chi connectivity index (χ1v) is 8.22. The summed E-state index contributed by atoms with van der Waals surface area (Å²) in [6.45, 7) is 0.0820. The second-order valence-electron chi connectivity index (χ2n) is 5.71. The van der Waals surface area contributed by atoms with Gasteiger partial charge < -0.3 is 10.4 Å². The number of pyridine rings is 1. The van der Waals surface area contributed by atoms with Gasteiger partial charge in [0.2, 0.25) is 5.67 Å². The van der Waals surface area contributed by atoms with Crippen LogP contribution in [0.25, 0.3) is 0 Å². The number of amides is 1. The number of aliphatic hydroxyl groups excluding tert-OH is 1. The van der Waals surface area contributed by atoms with E-state index in [0.717, 1.165) is 0 Å². The quantitative estimate of drug-likeness (QED) is 0.868. The van der Waals surface area contributed by atoms with Gasteiger partial charge in [0.05, 0.1) is 11.8 Å². The van der Waals surface area contributed by atoms with Crippen LogP contribution in [0.3, 0.4) is 0 Å². The van der Waals surface area contributed by atoms with E-state index < -0.39 is 17.7 Å². The van der Waals surface area contributed by atoms with Crippen LogP contribution in [-0.2, 0) is 17.0 Å². The molecular formula is C17H15Cl2FN2O2. The maximum atomic E-state index is 15.4. The number of halogens is 3. The number of fused-ring (bicyclic) bond motifs is 1. The van der Waals surface area contributed by atoms with Gasteiger partial charge in [0.25, 0.3) is 5.91 Å². The average Bonchev–Trinajstić information content (AvgIpc) is 2.57. The Balaban J connectivity index is 1.81. The van der Waals surface area contributed by atoms with Gasteiger partial charge in [-0.15, -0.1) is 0 Å². The molecule has 0 aliphatic heterocycles. The highest BCUT2D eigenvalue weighted by Crippen LogP contribution is 2.42. The Hall–Kier alpha value is -1.69. The van der Waals surface area contributed by atoms with Crippen molar-refractivity contribution >= 4 is 29.1 Å². The summed E-state index contributed by atoms with van der Waals surface area (Å²) in [5.74, 6) is -0.769. The van der Waals surface area contributed by atoms with E-state index in [2.05, 4.69) is 10.3 Å². The largest absolute Gasteiger partial charge is 0.387 e. The Morgan fingerprint density at radius 1 is 1.42 bits per heavy atom. The molecule has 1 aromatic heterocycles. The summed E-state index contributed by atoms with van der Waals surface area (Å²) >= 11 is 11.9. The first kappa shape index (κ1) is 17.1. The summed E-state index contributed by atoms with van der Waals surface area (Å²) in [4.78, 5) is 16.5. The van der Waals surface area contributed by atoms with Crippen LogP contribution < -0.4 is 5.32 Å². The molecule has 4 nitrogen and oxygen atoms in total. The van der Waals surface area contributed by atoms with Gasteiger partial charge in [-0.1, -0.05) is 35.3 Å². The molecule has 2 N–H and O–H groups in total. The average molecular weight is 369 g/mol. The van der Waals surface area contributed by atoms with Crippen LogP contribution >= 0.6 is 23.2 Å². The summed E-state index contributed by atoms with van der Waals surface area (Å²) in [5.41, 5.74) is -1.25. The monoisotopic (exact) mass is 368 g/mol. The van der Waals surface area contributed by atoms with Crippen molar-refractivity contribution in [3.63, 3.8) is 0 Å². The number of nitrogens with zero attached hydrogens (tertiary/aromatic N) is 1. The number of hydrogen-bond acceptors (Lipinski definition) is 3. The minimum atomic E-state index is -2.22. The third kappa shape index (κ3) is 3.11. The number of aromatic nitrogens is 1. The molecule has 1 aliphatic rings. The van der Waals surface area contributed by atoms with Gasteiger partial charge in [-0.25, -0.2) is 4.39 Å². The zero-order valence-electron chi connectivity index (χ0n) is 12.6. The van der Waals surface area contributed by atoms with Crippen molar-refractivity contribution < 1.29 is 14.3 Å².